The Labute approximate surface area is 145 Å². The van der Waals surface area contributed by atoms with E-state index in [1.165, 1.54) is 28.0 Å². The molecule has 0 unspecified atom stereocenters. The van der Waals surface area contributed by atoms with Crippen LogP contribution in [0.4, 0.5) is 0 Å². The normalized spacial score (nSPS) is 13.6. The maximum Gasteiger partial charge on any atom is 0.273 e. The van der Waals surface area contributed by atoms with E-state index in [2.05, 4.69) is 54.4 Å². The number of benzene rings is 2. The lowest BCUT2D eigenvalue weighted by Crippen LogP contribution is -2.36. The molecule has 0 fully saturated rings. The van der Waals surface area contributed by atoms with Crippen molar-refractivity contribution >= 4 is 17.2 Å². The summed E-state index contributed by atoms with van der Waals surface area (Å²) < 4.78 is 0. The lowest BCUT2D eigenvalue weighted by atomic mass is 10.00. The van der Waals surface area contributed by atoms with Gasteiger partial charge in [-0.1, -0.05) is 54.1 Å². The molecule has 0 N–H and O–H groups in total. The highest BCUT2D eigenvalue weighted by atomic mass is 32.1. The maximum atomic E-state index is 12.8. The molecular weight excluding hydrogens is 316 g/mol. The van der Waals surface area contributed by atoms with Crippen LogP contribution < -0.4 is 0 Å². The summed E-state index contributed by atoms with van der Waals surface area (Å²) in [4.78, 5) is 19.2. The van der Waals surface area contributed by atoms with E-state index in [1.807, 2.05) is 16.3 Å². The second-order valence-corrected chi connectivity index (χ2v) is 7.01. The number of rotatable bonds is 2. The third-order valence-electron chi connectivity index (χ3n) is 4.44. The predicted molar refractivity (Wildman–Crippen MR) is 97.2 cm³/mol. The summed E-state index contributed by atoms with van der Waals surface area (Å²) in [6, 6.07) is 16.6. The summed E-state index contributed by atoms with van der Waals surface area (Å²) >= 11 is 1.53. The molecule has 2 heterocycles. The molecule has 4 rings (SSSR count). The fraction of sp³-hybridized carbons (Fsp3) is 0.200. The van der Waals surface area contributed by atoms with Crippen molar-refractivity contribution in [3.8, 4) is 10.6 Å². The van der Waals surface area contributed by atoms with Crippen LogP contribution in [0.3, 0.4) is 0 Å². The van der Waals surface area contributed by atoms with E-state index in [0.717, 1.165) is 23.5 Å². The van der Waals surface area contributed by atoms with Gasteiger partial charge in [-0.2, -0.15) is 0 Å². The quantitative estimate of drug-likeness (QED) is 0.699. The van der Waals surface area contributed by atoms with Gasteiger partial charge >= 0.3 is 0 Å². The lowest BCUT2D eigenvalue weighted by molar-refractivity contribution is 0.0729. The van der Waals surface area contributed by atoms with E-state index < -0.39 is 0 Å². The molecule has 4 heteroatoms. The topological polar surface area (TPSA) is 33.2 Å². The van der Waals surface area contributed by atoms with Crippen molar-refractivity contribution in [2.45, 2.75) is 19.9 Å². The first-order chi connectivity index (χ1) is 11.7. The Morgan fingerprint density at radius 3 is 2.62 bits per heavy atom. The summed E-state index contributed by atoms with van der Waals surface area (Å²) in [5.74, 6) is 0.0270. The first kappa shape index (κ1) is 15.1. The SMILES string of the molecule is Cc1ccc(-c2nc(C(=O)N3CCc4ccccc4C3)cs2)cc1. The van der Waals surface area contributed by atoms with Gasteiger partial charge < -0.3 is 4.90 Å². The minimum Gasteiger partial charge on any atom is -0.333 e. The Kier molecular flexibility index (Phi) is 3.90. The monoisotopic (exact) mass is 334 g/mol. The number of aromatic nitrogens is 1. The number of carbonyl (C=O) groups is 1. The molecule has 0 radical (unpaired) electrons. The van der Waals surface area contributed by atoms with E-state index in [1.54, 1.807) is 0 Å². The van der Waals surface area contributed by atoms with Crippen LogP contribution in [0.2, 0.25) is 0 Å². The molecule has 0 bridgehead atoms. The number of hydrogen-bond acceptors (Lipinski definition) is 3. The summed E-state index contributed by atoms with van der Waals surface area (Å²) in [6.45, 7) is 3.49. The Balaban J connectivity index is 1.55. The van der Waals surface area contributed by atoms with E-state index >= 15 is 0 Å². The van der Waals surface area contributed by atoms with Crippen molar-refractivity contribution in [1.82, 2.24) is 9.88 Å². The van der Waals surface area contributed by atoms with Gasteiger partial charge in [0.25, 0.3) is 5.91 Å². The fourth-order valence-electron chi connectivity index (χ4n) is 3.03. The van der Waals surface area contributed by atoms with Crippen LogP contribution in [-0.4, -0.2) is 22.3 Å². The van der Waals surface area contributed by atoms with Gasteiger partial charge in [-0.3, -0.25) is 4.79 Å². The van der Waals surface area contributed by atoms with Crippen LogP contribution in [0.15, 0.2) is 53.9 Å². The van der Waals surface area contributed by atoms with E-state index in [-0.39, 0.29) is 5.91 Å². The molecule has 0 atom stereocenters. The Morgan fingerprint density at radius 2 is 1.83 bits per heavy atom. The largest absolute Gasteiger partial charge is 0.333 e. The summed E-state index contributed by atoms with van der Waals surface area (Å²) in [5, 5.41) is 2.77. The number of hydrogen-bond donors (Lipinski definition) is 0. The molecule has 1 aliphatic heterocycles. The van der Waals surface area contributed by atoms with Crippen LogP contribution in [-0.2, 0) is 13.0 Å². The fourth-order valence-corrected chi connectivity index (χ4v) is 3.83. The summed E-state index contributed by atoms with van der Waals surface area (Å²) in [7, 11) is 0. The van der Waals surface area contributed by atoms with Gasteiger partial charge in [0.05, 0.1) is 0 Å². The zero-order valence-electron chi connectivity index (χ0n) is 13.5. The van der Waals surface area contributed by atoms with Crippen molar-refractivity contribution in [3.05, 3.63) is 76.3 Å². The highest BCUT2D eigenvalue weighted by Crippen LogP contribution is 2.26. The third kappa shape index (κ3) is 2.85. The summed E-state index contributed by atoms with van der Waals surface area (Å²) in [6.07, 6.45) is 0.914. The van der Waals surface area contributed by atoms with E-state index in [0.29, 0.717) is 12.2 Å². The number of thiazole rings is 1. The van der Waals surface area contributed by atoms with E-state index in [9.17, 15) is 4.79 Å². The number of fused-ring (bicyclic) bond motifs is 1. The van der Waals surface area contributed by atoms with Gasteiger partial charge in [-0.15, -0.1) is 11.3 Å². The maximum absolute atomic E-state index is 12.8. The molecule has 2 aromatic carbocycles. The van der Waals surface area contributed by atoms with Gasteiger partial charge in [0.15, 0.2) is 0 Å². The predicted octanol–water partition coefficient (Wildman–Crippen LogP) is 4.32. The average Bonchev–Trinajstić information content (AvgIpc) is 3.11. The zero-order valence-corrected chi connectivity index (χ0v) is 14.3. The smallest absolute Gasteiger partial charge is 0.273 e. The molecule has 0 saturated heterocycles. The molecule has 1 aliphatic rings. The van der Waals surface area contributed by atoms with Crippen molar-refractivity contribution in [1.29, 1.82) is 0 Å². The third-order valence-corrected chi connectivity index (χ3v) is 5.33. The first-order valence-corrected chi connectivity index (χ1v) is 8.97. The molecular formula is C20H18N2OS. The van der Waals surface area contributed by atoms with Crippen LogP contribution in [0.5, 0.6) is 0 Å². The molecule has 1 amide bonds. The van der Waals surface area contributed by atoms with Gasteiger partial charge in [0, 0.05) is 24.0 Å². The van der Waals surface area contributed by atoms with Gasteiger partial charge in [0.2, 0.25) is 0 Å². The minimum absolute atomic E-state index is 0.0270. The standard InChI is InChI=1S/C20H18N2OS/c1-14-6-8-16(9-7-14)19-21-18(13-24-19)20(23)22-11-10-15-4-2-3-5-17(15)12-22/h2-9,13H,10-12H2,1H3. The second kappa shape index (κ2) is 6.21. The molecule has 24 heavy (non-hydrogen) atoms. The zero-order chi connectivity index (χ0) is 16.5. The molecule has 1 aromatic heterocycles. The number of amides is 1. The molecule has 3 nitrogen and oxygen atoms in total. The van der Waals surface area contributed by atoms with Gasteiger partial charge in [-0.25, -0.2) is 4.98 Å². The van der Waals surface area contributed by atoms with Gasteiger partial charge in [-0.05, 0) is 24.5 Å². The van der Waals surface area contributed by atoms with E-state index in [4.69, 9.17) is 0 Å². The van der Waals surface area contributed by atoms with Crippen LogP contribution >= 0.6 is 11.3 Å². The lowest BCUT2D eigenvalue weighted by Gasteiger charge is -2.28. The van der Waals surface area contributed by atoms with Gasteiger partial charge in [0.1, 0.15) is 10.7 Å². The van der Waals surface area contributed by atoms with Crippen molar-refractivity contribution in [2.75, 3.05) is 6.54 Å². The minimum atomic E-state index is 0.0270. The highest BCUT2D eigenvalue weighted by molar-refractivity contribution is 7.13. The van der Waals surface area contributed by atoms with Crippen molar-refractivity contribution in [2.24, 2.45) is 0 Å². The number of nitrogens with zero attached hydrogens (tertiary/aromatic N) is 2. The van der Waals surface area contributed by atoms with Crippen LogP contribution in [0.25, 0.3) is 10.6 Å². The molecule has 120 valence electrons. The first-order valence-electron chi connectivity index (χ1n) is 8.09. The Bertz CT molecular complexity index is 883. The molecule has 0 aliphatic carbocycles. The highest BCUT2D eigenvalue weighted by Gasteiger charge is 2.23. The number of aryl methyl sites for hydroxylation is 1. The molecule has 0 saturated carbocycles. The number of carbonyl (C=O) groups excluding carboxylic acids is 1. The molecule has 3 aromatic rings. The van der Waals surface area contributed by atoms with Crippen LogP contribution in [0.1, 0.15) is 27.2 Å². The Hall–Kier alpha value is -2.46. The van der Waals surface area contributed by atoms with Crippen molar-refractivity contribution in [3.63, 3.8) is 0 Å². The molecule has 0 spiro atoms. The summed E-state index contributed by atoms with van der Waals surface area (Å²) in [5.41, 5.74) is 5.42. The van der Waals surface area contributed by atoms with Crippen LogP contribution in [0, 0.1) is 6.92 Å². The Morgan fingerprint density at radius 1 is 1.08 bits per heavy atom. The second-order valence-electron chi connectivity index (χ2n) is 6.15. The average molecular weight is 334 g/mol. The van der Waals surface area contributed by atoms with Crippen molar-refractivity contribution < 1.29 is 4.79 Å².